The first-order valence-corrected chi connectivity index (χ1v) is 3.15. The van der Waals surface area contributed by atoms with E-state index in [-0.39, 0.29) is 0 Å². The largest absolute Gasteiger partial charge is 0.467 e. The number of aliphatic hydroxyl groups excluding tert-OH is 1. The minimum absolute atomic E-state index is 0.406. The fraction of sp³-hybridized carbons (Fsp3) is 0.833. The molecule has 0 aromatic heterocycles. The van der Waals surface area contributed by atoms with Crippen molar-refractivity contribution in [1.29, 1.82) is 0 Å². The number of rotatable bonds is 1. The molecule has 0 amide bonds. The number of hydrogen-bond donors (Lipinski definition) is 1. The van der Waals surface area contributed by atoms with E-state index in [0.29, 0.717) is 12.8 Å². The minimum Gasteiger partial charge on any atom is -0.467 e. The predicted molar refractivity (Wildman–Crippen MR) is 32.1 cm³/mol. The van der Waals surface area contributed by atoms with Crippen LogP contribution in [0.15, 0.2) is 0 Å². The number of carbonyl (C=O) groups excluding carboxylic acids is 1. The van der Waals surface area contributed by atoms with Crippen molar-refractivity contribution in [2.75, 3.05) is 7.11 Å². The molecule has 0 aliphatic carbocycles. The lowest BCUT2D eigenvalue weighted by molar-refractivity contribution is -0.162. The zero-order chi connectivity index (χ0) is 7.56. The molecule has 0 aromatic rings. The Morgan fingerprint density at radius 2 is 2.40 bits per heavy atom. The Morgan fingerprint density at radius 3 is 2.80 bits per heavy atom. The molecule has 1 aliphatic heterocycles. The maximum Gasteiger partial charge on any atom is 0.335 e. The van der Waals surface area contributed by atoms with Crippen LogP contribution in [0.1, 0.15) is 12.8 Å². The smallest absolute Gasteiger partial charge is 0.335 e. The van der Waals surface area contributed by atoms with Gasteiger partial charge in [0, 0.05) is 6.42 Å². The number of hydrogen-bond acceptors (Lipinski definition) is 4. The summed E-state index contributed by atoms with van der Waals surface area (Å²) in [5, 5.41) is 8.81. The molecule has 0 bridgehead atoms. The summed E-state index contributed by atoms with van der Waals surface area (Å²) in [6, 6.07) is 0. The molecule has 0 aromatic carbocycles. The molecule has 10 heavy (non-hydrogen) atoms. The van der Waals surface area contributed by atoms with Crippen molar-refractivity contribution in [2.24, 2.45) is 0 Å². The van der Waals surface area contributed by atoms with Crippen LogP contribution in [0, 0.1) is 0 Å². The summed E-state index contributed by atoms with van der Waals surface area (Å²) in [5.74, 6) is -0.406. The minimum atomic E-state index is -0.788. The van der Waals surface area contributed by atoms with Gasteiger partial charge in [0.25, 0.3) is 0 Å². The highest BCUT2D eigenvalue weighted by Gasteiger charge is 2.29. The lowest BCUT2D eigenvalue weighted by Gasteiger charge is -2.06. The number of ether oxygens (including phenoxy) is 2. The maximum absolute atomic E-state index is 10.7. The van der Waals surface area contributed by atoms with Gasteiger partial charge in [-0.15, -0.1) is 0 Å². The van der Waals surface area contributed by atoms with Crippen LogP contribution >= 0.6 is 0 Å². The molecule has 1 fully saturated rings. The van der Waals surface area contributed by atoms with Gasteiger partial charge >= 0.3 is 5.97 Å². The lowest BCUT2D eigenvalue weighted by Crippen LogP contribution is -2.22. The van der Waals surface area contributed by atoms with E-state index in [9.17, 15) is 4.79 Å². The van der Waals surface area contributed by atoms with Crippen molar-refractivity contribution in [3.05, 3.63) is 0 Å². The van der Waals surface area contributed by atoms with Crippen molar-refractivity contribution in [2.45, 2.75) is 25.2 Å². The Kier molecular flexibility index (Phi) is 2.24. The molecule has 0 unspecified atom stereocenters. The molecule has 0 saturated carbocycles. The van der Waals surface area contributed by atoms with E-state index in [1.165, 1.54) is 7.11 Å². The van der Waals surface area contributed by atoms with Crippen LogP contribution in [-0.2, 0) is 14.3 Å². The van der Waals surface area contributed by atoms with Crippen LogP contribution in [0.2, 0.25) is 0 Å². The first kappa shape index (κ1) is 7.50. The van der Waals surface area contributed by atoms with Crippen molar-refractivity contribution in [3.63, 3.8) is 0 Å². The molecule has 4 heteroatoms. The maximum atomic E-state index is 10.7. The van der Waals surface area contributed by atoms with Crippen LogP contribution in [0.4, 0.5) is 0 Å². The Hall–Kier alpha value is -0.610. The number of esters is 1. The second-order valence-electron chi connectivity index (χ2n) is 2.18. The van der Waals surface area contributed by atoms with Crippen LogP contribution in [0.25, 0.3) is 0 Å². The SMILES string of the molecule is COC(=O)[C@@H]1CC[C@@H](O)O1. The predicted octanol–water partition coefficient (Wildman–Crippen LogP) is -0.343. The average molecular weight is 146 g/mol. The molecule has 1 rings (SSSR count). The summed E-state index contributed by atoms with van der Waals surface area (Å²) in [6.07, 6.45) is -0.280. The molecule has 0 radical (unpaired) electrons. The first-order valence-electron chi connectivity index (χ1n) is 3.15. The van der Waals surface area contributed by atoms with Gasteiger partial charge in [-0.3, -0.25) is 0 Å². The Balaban J connectivity index is 2.37. The van der Waals surface area contributed by atoms with Gasteiger partial charge in [-0.2, -0.15) is 0 Å². The molecule has 1 N–H and O–H groups in total. The summed E-state index contributed by atoms with van der Waals surface area (Å²) in [7, 11) is 1.30. The summed E-state index contributed by atoms with van der Waals surface area (Å²) < 4.78 is 9.20. The van der Waals surface area contributed by atoms with Crippen LogP contribution < -0.4 is 0 Å². The highest BCUT2D eigenvalue weighted by molar-refractivity contribution is 5.74. The number of methoxy groups -OCH3 is 1. The Labute approximate surface area is 58.7 Å². The quantitative estimate of drug-likeness (QED) is 0.514. The zero-order valence-electron chi connectivity index (χ0n) is 5.74. The molecule has 1 heterocycles. The molecule has 0 spiro atoms. The van der Waals surface area contributed by atoms with E-state index < -0.39 is 18.4 Å². The van der Waals surface area contributed by atoms with Gasteiger partial charge in [-0.25, -0.2) is 4.79 Å². The van der Waals surface area contributed by atoms with E-state index in [1.54, 1.807) is 0 Å². The summed E-state index contributed by atoms with van der Waals surface area (Å²) in [4.78, 5) is 10.7. The first-order chi connectivity index (χ1) is 4.74. The third-order valence-corrected chi connectivity index (χ3v) is 1.46. The molecular formula is C6H10O4. The van der Waals surface area contributed by atoms with Crippen LogP contribution in [-0.4, -0.2) is 30.6 Å². The summed E-state index contributed by atoms with van der Waals surface area (Å²) in [5.41, 5.74) is 0. The van der Waals surface area contributed by atoms with Gasteiger partial charge in [0.2, 0.25) is 0 Å². The Morgan fingerprint density at radius 1 is 1.70 bits per heavy atom. The Bertz CT molecular complexity index is 134. The summed E-state index contributed by atoms with van der Waals surface area (Å²) in [6.45, 7) is 0. The van der Waals surface area contributed by atoms with Gasteiger partial charge in [0.05, 0.1) is 7.11 Å². The second-order valence-corrected chi connectivity index (χ2v) is 2.18. The molecule has 1 saturated heterocycles. The lowest BCUT2D eigenvalue weighted by atomic mass is 10.2. The zero-order valence-corrected chi connectivity index (χ0v) is 5.74. The van der Waals surface area contributed by atoms with Gasteiger partial charge in [-0.05, 0) is 6.42 Å². The second kappa shape index (κ2) is 2.98. The molecular weight excluding hydrogens is 136 g/mol. The highest BCUT2D eigenvalue weighted by Crippen LogP contribution is 2.17. The number of carbonyl (C=O) groups is 1. The summed E-state index contributed by atoms with van der Waals surface area (Å²) >= 11 is 0. The van der Waals surface area contributed by atoms with Gasteiger partial charge < -0.3 is 14.6 Å². The average Bonchev–Trinajstić information content (AvgIpc) is 2.34. The highest BCUT2D eigenvalue weighted by atomic mass is 16.6. The van der Waals surface area contributed by atoms with Crippen LogP contribution in [0.3, 0.4) is 0 Å². The standard InChI is InChI=1S/C6H10O4/c1-9-6(8)4-2-3-5(7)10-4/h4-5,7H,2-3H2,1H3/t4-,5-/m0/s1. The van der Waals surface area contributed by atoms with E-state index in [4.69, 9.17) is 9.84 Å². The van der Waals surface area contributed by atoms with Gasteiger partial charge in [0.1, 0.15) is 0 Å². The molecule has 58 valence electrons. The van der Waals surface area contributed by atoms with Crippen molar-refractivity contribution in [1.82, 2.24) is 0 Å². The van der Waals surface area contributed by atoms with Gasteiger partial charge in [0.15, 0.2) is 12.4 Å². The third-order valence-electron chi connectivity index (χ3n) is 1.46. The van der Waals surface area contributed by atoms with E-state index >= 15 is 0 Å². The fourth-order valence-corrected chi connectivity index (χ4v) is 0.925. The topological polar surface area (TPSA) is 55.8 Å². The van der Waals surface area contributed by atoms with Crippen molar-refractivity contribution >= 4 is 5.97 Å². The number of aliphatic hydroxyl groups is 1. The molecule has 2 atom stereocenters. The van der Waals surface area contributed by atoms with E-state index in [2.05, 4.69) is 4.74 Å². The van der Waals surface area contributed by atoms with E-state index in [0.717, 1.165) is 0 Å². The van der Waals surface area contributed by atoms with Gasteiger partial charge in [-0.1, -0.05) is 0 Å². The van der Waals surface area contributed by atoms with Crippen molar-refractivity contribution < 1.29 is 19.4 Å². The van der Waals surface area contributed by atoms with Crippen molar-refractivity contribution in [3.8, 4) is 0 Å². The van der Waals surface area contributed by atoms with Crippen LogP contribution in [0.5, 0.6) is 0 Å². The monoisotopic (exact) mass is 146 g/mol. The van der Waals surface area contributed by atoms with E-state index in [1.807, 2.05) is 0 Å². The third kappa shape index (κ3) is 1.46. The molecule has 1 aliphatic rings. The molecule has 4 nitrogen and oxygen atoms in total. The normalized spacial score (nSPS) is 32.2. The fourth-order valence-electron chi connectivity index (χ4n) is 0.925.